The number of carbonyl (C=O) groups is 2. The molecule has 4 fully saturated rings. The van der Waals surface area contributed by atoms with Gasteiger partial charge in [-0.3, -0.25) is 4.79 Å². The van der Waals surface area contributed by atoms with Crippen molar-refractivity contribution < 1.29 is 50.5 Å². The number of pyridine rings is 4. The smallest absolute Gasteiger partial charge is 0.338 e. The molecule has 85 heavy (non-hydrogen) atoms. The quantitative estimate of drug-likeness (QED) is 0.0355. The number of hydrogen-bond acceptors (Lipinski definition) is 16. The molecule has 10 rings (SSSR count). The molecule has 0 saturated heterocycles. The summed E-state index contributed by atoms with van der Waals surface area (Å²) in [5, 5.41) is 21.9. The largest absolute Gasteiger partial charge is 0.478 e. The lowest BCUT2D eigenvalue weighted by atomic mass is 9.89. The number of hydrogen-bond donors (Lipinski definition) is 3. The molecule has 0 aliphatic heterocycles. The van der Waals surface area contributed by atoms with E-state index >= 15 is 0 Å². The van der Waals surface area contributed by atoms with Crippen molar-refractivity contribution in [3.05, 3.63) is 107 Å². The van der Waals surface area contributed by atoms with E-state index in [2.05, 4.69) is 71.7 Å². The molecule has 6 aromatic rings. The zero-order chi connectivity index (χ0) is 61.2. The number of sulfonamides is 2. The van der Waals surface area contributed by atoms with Gasteiger partial charge in [-0.15, -0.1) is 10.2 Å². The Balaban J connectivity index is 0.000000183. The van der Waals surface area contributed by atoms with Crippen LogP contribution in [0.3, 0.4) is 0 Å². The molecule has 4 saturated carbocycles. The maximum absolute atomic E-state index is 12.9. The zero-order valence-corrected chi connectivity index (χ0v) is 52.3. The molecular weight excluding hydrogens is 1170 g/mol. The van der Waals surface area contributed by atoms with Crippen molar-refractivity contribution in [1.29, 1.82) is 0 Å². The molecule has 0 spiro atoms. The van der Waals surface area contributed by atoms with Crippen LogP contribution in [0.1, 0.15) is 165 Å². The van der Waals surface area contributed by atoms with Crippen molar-refractivity contribution in [1.82, 2.24) is 44.2 Å². The summed E-state index contributed by atoms with van der Waals surface area (Å²) in [6.45, 7) is 16.0. The first-order chi connectivity index (χ1) is 40.1. The van der Waals surface area contributed by atoms with Gasteiger partial charge in [0.2, 0.25) is 23.5 Å². The molecule has 6 heterocycles. The third kappa shape index (κ3) is 19.6. The fraction of sp³-hybridized carbons (Fsp3) is 0.533. The zero-order valence-electron chi connectivity index (χ0n) is 49.1. The number of aromatic carboxylic acids is 1. The normalized spacial score (nSPS) is 18.6. The molecule has 2 unspecified atom stereocenters. The van der Waals surface area contributed by atoms with E-state index in [1.807, 2.05) is 4.72 Å². The minimum atomic E-state index is -4.29. The standard InChI is InChI=1S/C30H38ClN5O5S.C15H16ClN3O3.C15H24N2O3S/c1-29(2)13-11-21(20-29)6-5-18-40-24-7-4-8-26(33-24)42(38,39)35-28(37)22-9-10-23(32-27(22)31)36-17-12-25(34-36)41-19-16-30(3)14-15-30;1-15(5-6-15)7-9-22-12-4-8-19(18-12)11-3-2-10(14(20)21)13(16)17-11;1-15(2)9-8-12(11-15)5-4-10-20-13-6-3-7-14(17-13)21(16,18)19/h4,7-10,12,17,21H,5-6,11,13-16,18-20H2,1-3H3,(H,35,37);2-4,8H,5-7,9H2,1H3,(H,20,21);3,6-7,12H,4-5,8-11H2,1-2H3,(H2,16,18,19). The fourth-order valence-corrected chi connectivity index (χ4v) is 12.3. The number of nitrogens with two attached hydrogens (primary N) is 1. The molecule has 2 atom stereocenters. The number of carbonyl (C=O) groups excluding carboxylic acids is 1. The van der Waals surface area contributed by atoms with E-state index in [-0.39, 0.29) is 37.4 Å². The second-order valence-corrected chi connectivity index (χ2v) is 28.8. The van der Waals surface area contributed by atoms with Gasteiger partial charge in [-0.05, 0) is 173 Å². The van der Waals surface area contributed by atoms with Crippen molar-refractivity contribution in [2.75, 3.05) is 26.4 Å². The lowest BCUT2D eigenvalue weighted by Crippen LogP contribution is -2.31. The Bertz CT molecular complexity index is 3520. The Kier molecular flexibility index (Phi) is 20.9. The van der Waals surface area contributed by atoms with Gasteiger partial charge in [-0.2, -0.15) is 13.4 Å². The predicted molar refractivity (Wildman–Crippen MR) is 321 cm³/mol. The second kappa shape index (κ2) is 27.5. The number of carboxylic acid groups (broad SMARTS) is 1. The summed E-state index contributed by atoms with van der Waals surface area (Å²) >= 11 is 12.1. The molecule has 6 aromatic heterocycles. The maximum Gasteiger partial charge on any atom is 0.338 e. The van der Waals surface area contributed by atoms with Gasteiger partial charge in [0, 0.05) is 36.7 Å². The average molecular weight is 1250 g/mol. The fourth-order valence-electron chi connectivity index (χ4n) is 10.4. The van der Waals surface area contributed by atoms with Gasteiger partial charge < -0.3 is 24.1 Å². The van der Waals surface area contributed by atoms with Gasteiger partial charge in [-0.25, -0.2) is 47.4 Å². The van der Waals surface area contributed by atoms with Crippen LogP contribution < -0.4 is 28.8 Å². The summed E-state index contributed by atoms with van der Waals surface area (Å²) in [6, 6.07) is 18.4. The molecular formula is C60H78Cl2N10O11S2. The number of aromatic nitrogens is 8. The molecule has 4 aliphatic carbocycles. The molecule has 1 amide bonds. The molecule has 21 nitrogen and oxygen atoms in total. The van der Waals surface area contributed by atoms with Crippen molar-refractivity contribution in [2.24, 2.45) is 38.6 Å². The Morgan fingerprint density at radius 1 is 0.588 bits per heavy atom. The Hall–Kier alpha value is -6.40. The van der Waals surface area contributed by atoms with Crippen LogP contribution in [-0.2, 0) is 20.0 Å². The summed E-state index contributed by atoms with van der Waals surface area (Å²) in [6.07, 6.45) is 22.0. The number of primary sulfonamides is 1. The Morgan fingerprint density at radius 2 is 1.02 bits per heavy atom. The highest BCUT2D eigenvalue weighted by Crippen LogP contribution is 2.49. The highest BCUT2D eigenvalue weighted by molar-refractivity contribution is 7.90. The van der Waals surface area contributed by atoms with Crippen LogP contribution in [-0.4, -0.2) is 99.7 Å². The molecule has 4 aliphatic rings. The third-order valence-electron chi connectivity index (χ3n) is 16.2. The predicted octanol–water partition coefficient (Wildman–Crippen LogP) is 11.9. The first-order valence-electron chi connectivity index (χ1n) is 28.9. The number of nitrogens with zero attached hydrogens (tertiary/aromatic N) is 8. The number of carboxylic acids is 1. The summed E-state index contributed by atoms with van der Waals surface area (Å²) in [5.41, 5.74) is 1.59. The van der Waals surface area contributed by atoms with Crippen molar-refractivity contribution in [3.63, 3.8) is 0 Å². The van der Waals surface area contributed by atoms with Crippen LogP contribution in [0, 0.1) is 33.5 Å². The van der Waals surface area contributed by atoms with E-state index in [0.29, 0.717) is 83.3 Å². The minimum absolute atomic E-state index is 0.0354. The van der Waals surface area contributed by atoms with Gasteiger partial charge >= 0.3 is 5.97 Å². The van der Waals surface area contributed by atoms with E-state index in [1.54, 1.807) is 48.8 Å². The summed E-state index contributed by atoms with van der Waals surface area (Å²) in [7, 11) is -8.06. The summed E-state index contributed by atoms with van der Waals surface area (Å²) < 4.78 is 75.9. The first kappa shape index (κ1) is 64.6. The van der Waals surface area contributed by atoms with Crippen LogP contribution in [0.15, 0.2) is 95.2 Å². The molecule has 460 valence electrons. The molecule has 4 N–H and O–H groups in total. The molecule has 25 heteroatoms. The second-order valence-electron chi connectivity index (χ2n) is 25.0. The van der Waals surface area contributed by atoms with E-state index in [9.17, 15) is 26.4 Å². The van der Waals surface area contributed by atoms with E-state index < -0.39 is 31.9 Å². The number of rotatable bonds is 25. The van der Waals surface area contributed by atoms with E-state index in [4.69, 9.17) is 52.4 Å². The summed E-state index contributed by atoms with van der Waals surface area (Å²) in [4.78, 5) is 40.0. The van der Waals surface area contributed by atoms with Crippen LogP contribution in [0.5, 0.6) is 23.5 Å². The lowest BCUT2D eigenvalue weighted by molar-refractivity contribution is 0.0696. The van der Waals surface area contributed by atoms with Gasteiger partial charge in [0.15, 0.2) is 21.7 Å². The third-order valence-corrected chi connectivity index (χ3v) is 18.8. The van der Waals surface area contributed by atoms with Crippen molar-refractivity contribution in [2.45, 2.75) is 154 Å². The van der Waals surface area contributed by atoms with Gasteiger partial charge in [0.1, 0.15) is 10.3 Å². The number of halogens is 2. The topological polar surface area (TPSA) is 285 Å². The monoisotopic (exact) mass is 1250 g/mol. The van der Waals surface area contributed by atoms with Gasteiger partial charge in [0.25, 0.3) is 26.0 Å². The van der Waals surface area contributed by atoms with Crippen LogP contribution in [0.4, 0.5) is 0 Å². The Morgan fingerprint density at radius 3 is 1.44 bits per heavy atom. The molecule has 0 bridgehead atoms. The number of ether oxygens (including phenoxy) is 4. The SMILES string of the molecule is CC1(C)CCC(CCCOc2cccc(S(=O)(=O)NC(=O)c3ccc(-n4ccc(OCCC5(C)CC5)n4)nc3Cl)n2)C1.CC1(C)CCC(CCCOc2cccc(S(N)(=O)=O)n2)C1.CC1(CCOc2ccn(-c3ccc(C(=O)O)c(Cl)n3)n2)CC1. The van der Waals surface area contributed by atoms with Crippen LogP contribution in [0.25, 0.3) is 11.6 Å². The van der Waals surface area contributed by atoms with Crippen molar-refractivity contribution in [3.8, 4) is 35.2 Å². The number of amides is 1. The van der Waals surface area contributed by atoms with Crippen molar-refractivity contribution >= 4 is 55.1 Å². The molecule has 0 aromatic carbocycles. The summed E-state index contributed by atoms with van der Waals surface area (Å²) in [5.74, 6) is 1.72. The minimum Gasteiger partial charge on any atom is -0.478 e. The highest BCUT2D eigenvalue weighted by atomic mass is 35.5. The molecule has 0 radical (unpaired) electrons. The average Bonchev–Trinajstić information content (AvgIpc) is 3.39. The van der Waals surface area contributed by atoms with Gasteiger partial charge in [-0.1, -0.05) is 76.9 Å². The van der Waals surface area contributed by atoms with Crippen LogP contribution in [0.2, 0.25) is 10.3 Å². The lowest BCUT2D eigenvalue weighted by Gasteiger charge is -2.17. The highest BCUT2D eigenvalue weighted by Gasteiger charge is 2.38. The van der Waals surface area contributed by atoms with Gasteiger partial charge in [0.05, 0.1) is 37.6 Å². The van der Waals surface area contributed by atoms with E-state index in [1.165, 1.54) is 110 Å². The first-order valence-corrected chi connectivity index (χ1v) is 32.7. The van der Waals surface area contributed by atoms with Crippen LogP contribution >= 0.6 is 23.2 Å². The maximum atomic E-state index is 12.9. The van der Waals surface area contributed by atoms with E-state index in [0.717, 1.165) is 44.4 Å². The Labute approximate surface area is 508 Å². The number of nitrogens with one attached hydrogen (secondary N) is 1.